The SMILES string of the molecule is COc1cc(CNCC2CNCC2O)ccc1SC.Cl. The number of β-amino-alcohol motifs (C(OH)–C–C–N with tert-alkyl or cyclic N) is 1. The molecule has 0 bridgehead atoms. The summed E-state index contributed by atoms with van der Waals surface area (Å²) in [4.78, 5) is 1.15. The quantitative estimate of drug-likeness (QED) is 0.694. The first-order chi connectivity index (χ1) is 9.24. The van der Waals surface area contributed by atoms with E-state index in [0.29, 0.717) is 12.5 Å². The molecule has 0 aliphatic carbocycles. The zero-order valence-electron chi connectivity index (χ0n) is 11.9. The molecule has 1 fully saturated rings. The van der Waals surface area contributed by atoms with E-state index in [2.05, 4.69) is 28.8 Å². The molecule has 0 aromatic heterocycles. The Morgan fingerprint density at radius 1 is 1.45 bits per heavy atom. The maximum atomic E-state index is 9.71. The Labute approximate surface area is 131 Å². The normalized spacial score (nSPS) is 21.6. The van der Waals surface area contributed by atoms with Crippen LogP contribution in [0.2, 0.25) is 0 Å². The molecule has 3 N–H and O–H groups in total. The molecule has 1 aromatic rings. The Bertz CT molecular complexity index is 420. The van der Waals surface area contributed by atoms with Crippen LogP contribution in [0.25, 0.3) is 0 Å². The molecule has 1 aromatic carbocycles. The fourth-order valence-corrected chi connectivity index (χ4v) is 2.87. The molecular formula is C14H23ClN2O2S. The molecule has 1 aliphatic rings. The molecule has 0 spiro atoms. The van der Waals surface area contributed by atoms with Gasteiger partial charge in [-0.3, -0.25) is 0 Å². The number of rotatable bonds is 6. The van der Waals surface area contributed by atoms with Gasteiger partial charge in [-0.1, -0.05) is 6.07 Å². The van der Waals surface area contributed by atoms with Gasteiger partial charge in [0.1, 0.15) is 5.75 Å². The van der Waals surface area contributed by atoms with E-state index in [1.165, 1.54) is 5.56 Å². The lowest BCUT2D eigenvalue weighted by molar-refractivity contribution is 0.146. The third-order valence-corrected chi connectivity index (χ3v) is 4.26. The molecule has 2 rings (SSSR count). The summed E-state index contributed by atoms with van der Waals surface area (Å²) in [6.07, 6.45) is 1.82. The fraction of sp³-hybridized carbons (Fsp3) is 0.571. The van der Waals surface area contributed by atoms with E-state index in [4.69, 9.17) is 4.74 Å². The van der Waals surface area contributed by atoms with Gasteiger partial charge in [-0.2, -0.15) is 0 Å². The van der Waals surface area contributed by atoms with Crippen LogP contribution in [0, 0.1) is 5.92 Å². The predicted molar refractivity (Wildman–Crippen MR) is 86.1 cm³/mol. The minimum absolute atomic E-state index is 0. The van der Waals surface area contributed by atoms with Crippen molar-refractivity contribution in [2.45, 2.75) is 17.5 Å². The molecular weight excluding hydrogens is 296 g/mol. The number of ether oxygens (including phenoxy) is 1. The highest BCUT2D eigenvalue weighted by Crippen LogP contribution is 2.28. The van der Waals surface area contributed by atoms with E-state index >= 15 is 0 Å². The third kappa shape index (κ3) is 4.53. The number of benzene rings is 1. The van der Waals surface area contributed by atoms with Gasteiger partial charge in [0.25, 0.3) is 0 Å². The molecule has 2 atom stereocenters. The molecule has 0 saturated carbocycles. The summed E-state index contributed by atoms with van der Waals surface area (Å²) in [5, 5.41) is 16.3. The Morgan fingerprint density at radius 2 is 2.25 bits per heavy atom. The molecule has 6 heteroatoms. The van der Waals surface area contributed by atoms with E-state index in [-0.39, 0.29) is 18.5 Å². The Hall–Kier alpha value is -0.460. The van der Waals surface area contributed by atoms with Gasteiger partial charge in [0.15, 0.2) is 0 Å². The van der Waals surface area contributed by atoms with Crippen molar-refractivity contribution in [2.24, 2.45) is 5.92 Å². The number of halogens is 1. The molecule has 1 heterocycles. The molecule has 1 saturated heterocycles. The predicted octanol–water partition coefficient (Wildman–Crippen LogP) is 1.51. The van der Waals surface area contributed by atoms with Crippen LogP contribution in [0.3, 0.4) is 0 Å². The van der Waals surface area contributed by atoms with Crippen LogP contribution in [-0.4, -0.2) is 44.2 Å². The first kappa shape index (κ1) is 17.6. The minimum Gasteiger partial charge on any atom is -0.496 e. The summed E-state index contributed by atoms with van der Waals surface area (Å²) in [5.41, 5.74) is 1.20. The van der Waals surface area contributed by atoms with E-state index in [1.807, 2.05) is 6.26 Å². The first-order valence-electron chi connectivity index (χ1n) is 6.55. The van der Waals surface area contributed by atoms with Crippen molar-refractivity contribution in [3.05, 3.63) is 23.8 Å². The molecule has 4 nitrogen and oxygen atoms in total. The highest BCUT2D eigenvalue weighted by Gasteiger charge is 2.23. The lowest BCUT2D eigenvalue weighted by atomic mass is 10.1. The second-order valence-corrected chi connectivity index (χ2v) is 5.65. The number of thioether (sulfide) groups is 1. The molecule has 0 amide bonds. The summed E-state index contributed by atoms with van der Waals surface area (Å²) in [6.45, 7) is 3.24. The zero-order valence-corrected chi connectivity index (χ0v) is 13.5. The lowest BCUT2D eigenvalue weighted by Gasteiger charge is -2.15. The summed E-state index contributed by atoms with van der Waals surface area (Å²) < 4.78 is 5.38. The van der Waals surface area contributed by atoms with Crippen molar-refractivity contribution in [3.63, 3.8) is 0 Å². The van der Waals surface area contributed by atoms with Gasteiger partial charge in [-0.25, -0.2) is 0 Å². The van der Waals surface area contributed by atoms with Crippen molar-refractivity contribution in [1.29, 1.82) is 0 Å². The summed E-state index contributed by atoms with van der Waals surface area (Å²) in [6, 6.07) is 6.28. The van der Waals surface area contributed by atoms with E-state index in [0.717, 1.165) is 30.3 Å². The van der Waals surface area contributed by atoms with Crippen LogP contribution in [0.15, 0.2) is 23.1 Å². The monoisotopic (exact) mass is 318 g/mol. The van der Waals surface area contributed by atoms with Gasteiger partial charge < -0.3 is 20.5 Å². The Balaban J connectivity index is 0.00000200. The maximum absolute atomic E-state index is 9.71. The third-order valence-electron chi connectivity index (χ3n) is 3.49. The summed E-state index contributed by atoms with van der Waals surface area (Å²) >= 11 is 1.69. The number of aliphatic hydroxyl groups excluding tert-OH is 1. The number of nitrogens with one attached hydrogen (secondary N) is 2. The average molecular weight is 319 g/mol. The summed E-state index contributed by atoms with van der Waals surface area (Å²) in [5.74, 6) is 1.24. The Kier molecular flexibility index (Phi) is 7.69. The summed E-state index contributed by atoms with van der Waals surface area (Å²) in [7, 11) is 1.70. The van der Waals surface area contributed by atoms with Gasteiger partial charge in [-0.05, 0) is 24.0 Å². The van der Waals surface area contributed by atoms with Crippen molar-refractivity contribution in [2.75, 3.05) is 33.0 Å². The average Bonchev–Trinajstić information content (AvgIpc) is 2.84. The highest BCUT2D eigenvalue weighted by molar-refractivity contribution is 7.98. The van der Waals surface area contributed by atoms with Gasteiger partial charge in [0.2, 0.25) is 0 Å². The smallest absolute Gasteiger partial charge is 0.132 e. The van der Waals surface area contributed by atoms with Crippen molar-refractivity contribution in [1.82, 2.24) is 10.6 Å². The molecule has 20 heavy (non-hydrogen) atoms. The molecule has 1 aliphatic heterocycles. The zero-order chi connectivity index (χ0) is 13.7. The number of aliphatic hydroxyl groups is 1. The van der Waals surface area contributed by atoms with Crippen LogP contribution >= 0.6 is 24.2 Å². The van der Waals surface area contributed by atoms with E-state index in [1.54, 1.807) is 18.9 Å². The van der Waals surface area contributed by atoms with Crippen LogP contribution in [0.1, 0.15) is 5.56 Å². The van der Waals surface area contributed by atoms with E-state index < -0.39 is 0 Å². The maximum Gasteiger partial charge on any atom is 0.132 e. The van der Waals surface area contributed by atoms with Gasteiger partial charge >= 0.3 is 0 Å². The molecule has 0 radical (unpaired) electrons. The van der Waals surface area contributed by atoms with Crippen LogP contribution in [0.4, 0.5) is 0 Å². The lowest BCUT2D eigenvalue weighted by Crippen LogP contribution is -2.30. The second kappa shape index (κ2) is 8.74. The fourth-order valence-electron chi connectivity index (χ4n) is 2.32. The van der Waals surface area contributed by atoms with Crippen LogP contribution in [0.5, 0.6) is 5.75 Å². The van der Waals surface area contributed by atoms with Crippen LogP contribution < -0.4 is 15.4 Å². The van der Waals surface area contributed by atoms with Crippen LogP contribution in [-0.2, 0) is 6.54 Å². The van der Waals surface area contributed by atoms with Gasteiger partial charge in [0.05, 0.1) is 13.2 Å². The number of hydrogen-bond acceptors (Lipinski definition) is 5. The molecule has 2 unspecified atom stereocenters. The van der Waals surface area contributed by atoms with Gasteiger partial charge in [0, 0.05) is 37.0 Å². The standard InChI is InChI=1S/C14H22N2O2S.ClH/c1-18-13-5-10(3-4-14(13)19-2)6-15-7-11-8-16-9-12(11)17;/h3-5,11-12,15-17H,6-9H2,1-2H3;1H. The second-order valence-electron chi connectivity index (χ2n) is 4.81. The molecule has 114 valence electrons. The van der Waals surface area contributed by atoms with Crippen molar-refractivity contribution >= 4 is 24.2 Å². The topological polar surface area (TPSA) is 53.5 Å². The number of methoxy groups -OCH3 is 1. The number of hydrogen-bond donors (Lipinski definition) is 3. The van der Waals surface area contributed by atoms with Crippen molar-refractivity contribution < 1.29 is 9.84 Å². The van der Waals surface area contributed by atoms with Crippen molar-refractivity contribution in [3.8, 4) is 5.75 Å². The highest BCUT2D eigenvalue weighted by atomic mass is 35.5. The van der Waals surface area contributed by atoms with Gasteiger partial charge in [-0.15, -0.1) is 24.2 Å². The van der Waals surface area contributed by atoms with E-state index in [9.17, 15) is 5.11 Å². The minimum atomic E-state index is -0.221. The largest absolute Gasteiger partial charge is 0.496 e. The Morgan fingerprint density at radius 3 is 2.85 bits per heavy atom. The first-order valence-corrected chi connectivity index (χ1v) is 7.77.